The summed E-state index contributed by atoms with van der Waals surface area (Å²) in [6.45, 7) is 17.4. The zero-order chi connectivity index (χ0) is 27.4. The molecule has 37 heavy (non-hydrogen) atoms. The van der Waals surface area contributed by atoms with Crippen LogP contribution in [0.25, 0.3) is 0 Å². The van der Waals surface area contributed by atoms with Crippen LogP contribution in [0.1, 0.15) is 113 Å². The van der Waals surface area contributed by atoms with Gasteiger partial charge in [-0.2, -0.15) is 0 Å². The van der Waals surface area contributed by atoms with Crippen molar-refractivity contribution < 1.29 is 24.2 Å². The van der Waals surface area contributed by atoms with E-state index in [1.165, 1.54) is 12.5 Å². The fraction of sp³-hybridized carbons (Fsp3) is 0.844. The Bertz CT molecular complexity index is 1070. The molecule has 0 radical (unpaired) electrons. The minimum absolute atomic E-state index is 0.0644. The van der Waals surface area contributed by atoms with E-state index in [4.69, 9.17) is 4.74 Å². The predicted molar refractivity (Wildman–Crippen MR) is 143 cm³/mol. The van der Waals surface area contributed by atoms with Crippen LogP contribution < -0.4 is 0 Å². The van der Waals surface area contributed by atoms with E-state index in [9.17, 15) is 19.5 Å². The summed E-state index contributed by atoms with van der Waals surface area (Å²) in [6, 6.07) is 0. The van der Waals surface area contributed by atoms with Crippen LogP contribution in [-0.2, 0) is 19.1 Å². The molecule has 5 nitrogen and oxygen atoms in total. The molecule has 5 rings (SSSR count). The van der Waals surface area contributed by atoms with E-state index in [2.05, 4.69) is 41.5 Å². The predicted octanol–water partition coefficient (Wildman–Crippen LogP) is 6.98. The molecule has 5 aliphatic rings. The van der Waals surface area contributed by atoms with Crippen LogP contribution in [0.5, 0.6) is 0 Å². The van der Waals surface area contributed by atoms with E-state index in [-0.39, 0.29) is 56.8 Å². The molecule has 0 spiro atoms. The number of hydrogen-bond acceptors (Lipinski definition) is 4. The third-order valence-corrected chi connectivity index (χ3v) is 13.3. The number of ether oxygens (including phenoxy) is 1. The van der Waals surface area contributed by atoms with Crippen molar-refractivity contribution in [2.24, 2.45) is 50.2 Å². The van der Waals surface area contributed by atoms with Gasteiger partial charge in [0.2, 0.25) is 0 Å². The number of carbonyl (C=O) groups is 3. The van der Waals surface area contributed by atoms with Gasteiger partial charge in [-0.15, -0.1) is 0 Å². The Labute approximate surface area is 223 Å². The van der Waals surface area contributed by atoms with Gasteiger partial charge in [-0.05, 0) is 104 Å². The summed E-state index contributed by atoms with van der Waals surface area (Å²) in [5, 5.41) is 10.1. The highest BCUT2D eigenvalue weighted by Crippen LogP contribution is 2.75. The van der Waals surface area contributed by atoms with Gasteiger partial charge in [0.05, 0.1) is 5.41 Å². The first-order valence-corrected chi connectivity index (χ1v) is 14.6. The third kappa shape index (κ3) is 3.43. The van der Waals surface area contributed by atoms with Crippen molar-refractivity contribution in [3.8, 4) is 0 Å². The molecule has 4 fully saturated rings. The number of carboxylic acid groups (broad SMARTS) is 1. The molecule has 1 N–H and O–H groups in total. The maximum Gasteiger partial charge on any atom is 0.309 e. The molecule has 5 aliphatic carbocycles. The number of fused-ring (bicyclic) bond motifs is 7. The first-order valence-electron chi connectivity index (χ1n) is 14.6. The molecule has 5 heteroatoms. The Morgan fingerprint density at radius 2 is 1.57 bits per heavy atom. The third-order valence-electron chi connectivity index (χ3n) is 13.3. The van der Waals surface area contributed by atoms with Crippen LogP contribution in [-0.4, -0.2) is 28.9 Å². The Balaban J connectivity index is 1.58. The second-order valence-electron chi connectivity index (χ2n) is 15.5. The van der Waals surface area contributed by atoms with Gasteiger partial charge in [-0.3, -0.25) is 14.4 Å². The van der Waals surface area contributed by atoms with Crippen LogP contribution >= 0.6 is 0 Å². The number of carboxylic acids is 1. The molecular formula is C32H48O5. The molecular weight excluding hydrogens is 464 g/mol. The number of carbonyl (C=O) groups excluding carboxylic acids is 2. The van der Waals surface area contributed by atoms with Gasteiger partial charge in [0.15, 0.2) is 5.78 Å². The van der Waals surface area contributed by atoms with Crippen molar-refractivity contribution in [3.05, 3.63) is 11.6 Å². The summed E-state index contributed by atoms with van der Waals surface area (Å²) in [7, 11) is 0. The van der Waals surface area contributed by atoms with Gasteiger partial charge in [-0.25, -0.2) is 0 Å². The maximum atomic E-state index is 14.4. The highest BCUT2D eigenvalue weighted by atomic mass is 16.5. The highest BCUT2D eigenvalue weighted by Gasteiger charge is 2.70. The molecule has 0 bridgehead atoms. The van der Waals surface area contributed by atoms with E-state index in [1.807, 2.05) is 13.0 Å². The Kier molecular flexibility index (Phi) is 5.78. The lowest BCUT2D eigenvalue weighted by molar-refractivity contribution is -0.210. The largest absolute Gasteiger partial charge is 0.481 e. The second-order valence-corrected chi connectivity index (χ2v) is 15.5. The number of ketones is 1. The lowest BCUT2D eigenvalue weighted by atomic mass is 9.33. The standard InChI is InChI=1S/C32H48O5/c1-19(33)37-24-10-11-30(6)23(27(24,2)3)9-12-32(8)25(30)22(34)17-20-21-18-29(5,26(35)36)14-13-28(21,4)15-16-31(20,32)7/h17,21,23-25H,9-16,18H2,1-8H3,(H,35,36)/t21-,23-,24-,25+,28-,29-,30-,31-,32-/m0/s1. The Hall–Kier alpha value is -1.65. The number of allylic oxidation sites excluding steroid dienone is 2. The lowest BCUT2D eigenvalue weighted by Crippen LogP contribution is -2.66. The lowest BCUT2D eigenvalue weighted by Gasteiger charge is -2.70. The van der Waals surface area contributed by atoms with Gasteiger partial charge >= 0.3 is 11.9 Å². The minimum Gasteiger partial charge on any atom is -0.481 e. The van der Waals surface area contributed by atoms with Crippen LogP contribution in [0.3, 0.4) is 0 Å². The van der Waals surface area contributed by atoms with Gasteiger partial charge in [-0.1, -0.05) is 47.1 Å². The molecule has 0 aromatic rings. The molecule has 0 aliphatic heterocycles. The fourth-order valence-corrected chi connectivity index (χ4v) is 10.8. The van der Waals surface area contributed by atoms with Crippen LogP contribution in [0.2, 0.25) is 0 Å². The van der Waals surface area contributed by atoms with Crippen molar-refractivity contribution in [2.75, 3.05) is 0 Å². The monoisotopic (exact) mass is 512 g/mol. The van der Waals surface area contributed by atoms with Crippen molar-refractivity contribution in [2.45, 2.75) is 119 Å². The van der Waals surface area contributed by atoms with Crippen molar-refractivity contribution in [1.29, 1.82) is 0 Å². The number of rotatable bonds is 2. The smallest absolute Gasteiger partial charge is 0.309 e. The summed E-state index contributed by atoms with van der Waals surface area (Å²) in [4.78, 5) is 38.5. The highest BCUT2D eigenvalue weighted by molar-refractivity contribution is 5.95. The number of aliphatic carboxylic acids is 1. The minimum atomic E-state index is -0.729. The van der Waals surface area contributed by atoms with Crippen LogP contribution in [0.4, 0.5) is 0 Å². The maximum absolute atomic E-state index is 14.4. The first kappa shape index (κ1) is 26.9. The van der Waals surface area contributed by atoms with Gasteiger partial charge in [0, 0.05) is 18.3 Å². The molecule has 206 valence electrons. The molecule has 4 saturated carbocycles. The summed E-state index contributed by atoms with van der Waals surface area (Å²) >= 11 is 0. The van der Waals surface area contributed by atoms with Crippen molar-refractivity contribution in [1.82, 2.24) is 0 Å². The second kappa shape index (κ2) is 7.94. The molecule has 0 saturated heterocycles. The summed E-state index contributed by atoms with van der Waals surface area (Å²) < 4.78 is 5.82. The van der Waals surface area contributed by atoms with E-state index in [0.29, 0.717) is 18.8 Å². The molecule has 0 heterocycles. The van der Waals surface area contributed by atoms with E-state index in [1.54, 1.807) is 0 Å². The fourth-order valence-electron chi connectivity index (χ4n) is 10.8. The van der Waals surface area contributed by atoms with Crippen LogP contribution in [0, 0.1) is 50.2 Å². The zero-order valence-corrected chi connectivity index (χ0v) is 24.3. The summed E-state index contributed by atoms with van der Waals surface area (Å²) in [6.07, 6.45) is 10.0. The van der Waals surface area contributed by atoms with E-state index >= 15 is 0 Å². The molecule has 9 atom stereocenters. The number of hydrogen-bond donors (Lipinski definition) is 1. The summed E-state index contributed by atoms with van der Waals surface area (Å²) in [5.74, 6) is -0.280. The molecule has 0 unspecified atom stereocenters. The zero-order valence-electron chi connectivity index (χ0n) is 24.3. The van der Waals surface area contributed by atoms with Crippen LogP contribution in [0.15, 0.2) is 11.6 Å². The average Bonchev–Trinajstić information content (AvgIpc) is 2.78. The van der Waals surface area contributed by atoms with E-state index in [0.717, 1.165) is 44.9 Å². The quantitative estimate of drug-likeness (QED) is 0.404. The molecule has 0 aromatic heterocycles. The van der Waals surface area contributed by atoms with Crippen molar-refractivity contribution in [3.63, 3.8) is 0 Å². The summed E-state index contributed by atoms with van der Waals surface area (Å²) in [5.41, 5.74) is -0.0327. The topological polar surface area (TPSA) is 80.7 Å². The first-order chi connectivity index (χ1) is 16.9. The van der Waals surface area contributed by atoms with Crippen molar-refractivity contribution >= 4 is 17.7 Å². The average molecular weight is 513 g/mol. The Morgan fingerprint density at radius 3 is 2.19 bits per heavy atom. The van der Waals surface area contributed by atoms with E-state index < -0.39 is 11.4 Å². The van der Waals surface area contributed by atoms with Gasteiger partial charge in [0.25, 0.3) is 0 Å². The normalized spacial score (nSPS) is 50.5. The van der Waals surface area contributed by atoms with Gasteiger partial charge < -0.3 is 9.84 Å². The molecule has 0 amide bonds. The SMILES string of the molecule is CC(=O)O[C@H]1CC[C@]2(C)[C@H]3C(=O)C=C4[C@@H]5C[C@@](C)(C(=O)O)CC[C@@]5(C)CC[C@]4(C)[C@@]3(C)CC[C@H]2C1(C)C. The van der Waals surface area contributed by atoms with Gasteiger partial charge in [0.1, 0.15) is 6.10 Å². The molecule has 0 aromatic carbocycles. The number of esters is 1. The Morgan fingerprint density at radius 1 is 0.919 bits per heavy atom.